The van der Waals surface area contributed by atoms with E-state index < -0.39 is 0 Å². The molecule has 0 aromatic rings. The second kappa shape index (κ2) is 4.97. The molecular weight excluding hydrogens is 184 g/mol. The van der Waals surface area contributed by atoms with Crippen LogP contribution in [-0.2, 0) is 14.4 Å². The third-order valence-corrected chi connectivity index (χ3v) is 1.82. The van der Waals surface area contributed by atoms with Crippen LogP contribution in [0.4, 0.5) is 0 Å². The molecule has 0 aliphatic carbocycles. The number of rotatable bonds is 4. The van der Waals surface area contributed by atoms with E-state index in [0.717, 1.165) is 0 Å². The van der Waals surface area contributed by atoms with E-state index in [-0.39, 0.29) is 5.97 Å². The largest absolute Gasteiger partial charge is 0.463 e. The highest BCUT2D eigenvalue weighted by Crippen LogP contribution is 2.14. The molecule has 0 aromatic heterocycles. The van der Waals surface area contributed by atoms with Crippen LogP contribution in [0.5, 0.6) is 0 Å². The highest BCUT2D eigenvalue weighted by atomic mass is 16.7. The lowest BCUT2D eigenvalue weighted by Crippen LogP contribution is -2.32. The molecule has 0 fully saturated rings. The summed E-state index contributed by atoms with van der Waals surface area (Å²) in [6.07, 6.45) is 1.72. The van der Waals surface area contributed by atoms with E-state index in [1.54, 1.807) is 23.3 Å². The van der Waals surface area contributed by atoms with Crippen molar-refractivity contribution in [2.75, 3.05) is 26.8 Å². The molecule has 0 bridgehead atoms. The number of esters is 1. The first-order chi connectivity index (χ1) is 6.69. The van der Waals surface area contributed by atoms with Crippen molar-refractivity contribution < 1.29 is 14.4 Å². The Labute approximate surface area is 83.8 Å². The van der Waals surface area contributed by atoms with Crippen LogP contribution in [0.25, 0.3) is 0 Å². The number of carbonyl (C=O) groups is 1. The lowest BCUT2D eigenvalue weighted by molar-refractivity contribution is -0.241. The fraction of sp³-hybridized carbons (Fsp3) is 0.667. The average molecular weight is 200 g/mol. The average Bonchev–Trinajstić information content (AvgIpc) is 2.49. The van der Waals surface area contributed by atoms with Gasteiger partial charge in [0.25, 0.3) is 0 Å². The number of carbonyl (C=O) groups excluding carboxylic acids is 1. The van der Waals surface area contributed by atoms with Crippen molar-refractivity contribution in [1.29, 1.82) is 0 Å². The van der Waals surface area contributed by atoms with Gasteiger partial charge in [-0.3, -0.25) is 9.85 Å². The van der Waals surface area contributed by atoms with Gasteiger partial charge in [-0.1, -0.05) is 5.17 Å². The lowest BCUT2D eigenvalue weighted by atomic mass is 10.3. The molecule has 0 atom stereocenters. The first-order valence-corrected chi connectivity index (χ1v) is 4.70. The summed E-state index contributed by atoms with van der Waals surface area (Å²) in [6.45, 7) is 5.11. The molecule has 0 aromatic carbocycles. The van der Waals surface area contributed by atoms with Crippen LogP contribution >= 0.6 is 0 Å². The molecule has 1 aliphatic heterocycles. The van der Waals surface area contributed by atoms with E-state index in [9.17, 15) is 4.79 Å². The van der Waals surface area contributed by atoms with E-state index >= 15 is 0 Å². The monoisotopic (exact) mass is 200 g/mol. The third-order valence-electron chi connectivity index (χ3n) is 1.82. The highest BCUT2D eigenvalue weighted by Gasteiger charge is 2.24. The minimum atomic E-state index is -0.276. The van der Waals surface area contributed by atoms with Gasteiger partial charge in [0.1, 0.15) is 0 Å². The molecule has 0 spiro atoms. The molecule has 1 heterocycles. The van der Waals surface area contributed by atoms with E-state index in [1.165, 1.54) is 0 Å². The first-order valence-electron chi connectivity index (χ1n) is 4.70. The van der Waals surface area contributed by atoms with Crippen molar-refractivity contribution in [2.24, 2.45) is 0 Å². The van der Waals surface area contributed by atoms with Crippen LogP contribution < -0.4 is 0 Å². The van der Waals surface area contributed by atoms with Crippen molar-refractivity contribution in [2.45, 2.75) is 13.8 Å². The number of hydrogen-bond donors (Lipinski definition) is 0. The number of hydrazine groups is 1. The minimum absolute atomic E-state index is 0.276. The summed E-state index contributed by atoms with van der Waals surface area (Å²) in [4.78, 5) is 16.6. The molecule has 1 aliphatic rings. The van der Waals surface area contributed by atoms with E-state index in [1.807, 2.05) is 14.0 Å². The van der Waals surface area contributed by atoms with Crippen molar-refractivity contribution in [3.63, 3.8) is 0 Å². The fourth-order valence-electron chi connectivity index (χ4n) is 1.21. The second-order valence-electron chi connectivity index (χ2n) is 2.88. The zero-order valence-electron chi connectivity index (χ0n) is 8.82. The van der Waals surface area contributed by atoms with Gasteiger partial charge in [-0.25, -0.2) is 4.79 Å². The molecule has 80 valence electrons. The van der Waals surface area contributed by atoms with Gasteiger partial charge in [-0.2, -0.15) is 0 Å². The van der Waals surface area contributed by atoms with Crippen molar-refractivity contribution in [3.05, 3.63) is 11.8 Å². The predicted octanol–water partition coefficient (Wildman–Crippen LogP) is 0.547. The fourth-order valence-corrected chi connectivity index (χ4v) is 1.21. The molecule has 0 amide bonds. The Morgan fingerprint density at radius 2 is 2.21 bits per heavy atom. The van der Waals surface area contributed by atoms with Gasteiger partial charge in [0, 0.05) is 13.2 Å². The van der Waals surface area contributed by atoms with Gasteiger partial charge in [0.2, 0.25) is 0 Å². The molecule has 5 nitrogen and oxygen atoms in total. The summed E-state index contributed by atoms with van der Waals surface area (Å²) in [6, 6.07) is 0. The van der Waals surface area contributed by atoms with Crippen LogP contribution in [0.15, 0.2) is 11.8 Å². The van der Waals surface area contributed by atoms with Crippen molar-refractivity contribution in [1.82, 2.24) is 10.2 Å². The zero-order chi connectivity index (χ0) is 10.6. The van der Waals surface area contributed by atoms with Gasteiger partial charge in [-0.15, -0.1) is 0 Å². The smallest absolute Gasteiger partial charge is 0.337 e. The Morgan fingerprint density at radius 3 is 2.79 bits per heavy atom. The summed E-state index contributed by atoms with van der Waals surface area (Å²) < 4.78 is 4.88. The molecule has 5 heteroatoms. The zero-order valence-corrected chi connectivity index (χ0v) is 8.82. The minimum Gasteiger partial charge on any atom is -0.463 e. The quantitative estimate of drug-likeness (QED) is 0.620. The Hall–Kier alpha value is -1.07. The summed E-state index contributed by atoms with van der Waals surface area (Å²) in [5.41, 5.74) is 0.614. The SMILES string of the molecule is CCOC(=O)C1=CN(C)N(OCC)C1. The highest BCUT2D eigenvalue weighted by molar-refractivity contribution is 5.89. The molecule has 0 N–H and O–H groups in total. The summed E-state index contributed by atoms with van der Waals surface area (Å²) >= 11 is 0. The number of ether oxygens (including phenoxy) is 1. The van der Waals surface area contributed by atoms with Crippen LogP contribution in [-0.4, -0.2) is 43.0 Å². The molecule has 0 unspecified atom stereocenters. The van der Waals surface area contributed by atoms with Crippen LogP contribution in [0.1, 0.15) is 13.8 Å². The van der Waals surface area contributed by atoms with E-state index in [2.05, 4.69) is 0 Å². The normalized spacial score (nSPS) is 17.1. The Balaban J connectivity index is 2.50. The maximum absolute atomic E-state index is 11.3. The standard InChI is InChI=1S/C9H16N2O3/c1-4-13-9(12)8-6-10(3)11(7-8)14-5-2/h6H,4-5,7H2,1-3H3. The van der Waals surface area contributed by atoms with Crippen LogP contribution in [0.3, 0.4) is 0 Å². The molecule has 0 radical (unpaired) electrons. The Morgan fingerprint density at radius 1 is 1.50 bits per heavy atom. The molecule has 0 saturated carbocycles. The second-order valence-corrected chi connectivity index (χ2v) is 2.88. The molecule has 0 saturated heterocycles. The van der Waals surface area contributed by atoms with Crippen LogP contribution in [0, 0.1) is 0 Å². The third kappa shape index (κ3) is 2.46. The van der Waals surface area contributed by atoms with Gasteiger partial charge in [-0.05, 0) is 13.8 Å². The first kappa shape index (κ1) is 11.0. The van der Waals surface area contributed by atoms with E-state index in [0.29, 0.717) is 25.3 Å². The maximum atomic E-state index is 11.3. The number of hydroxylamine groups is 1. The summed E-state index contributed by atoms with van der Waals surface area (Å²) in [5, 5.41) is 3.35. The van der Waals surface area contributed by atoms with Gasteiger partial charge < -0.3 is 4.74 Å². The summed E-state index contributed by atoms with van der Waals surface area (Å²) in [7, 11) is 1.82. The lowest BCUT2D eigenvalue weighted by Gasteiger charge is -2.22. The molecule has 14 heavy (non-hydrogen) atoms. The van der Waals surface area contributed by atoms with Gasteiger partial charge in [0.05, 0.1) is 25.3 Å². The van der Waals surface area contributed by atoms with Crippen molar-refractivity contribution >= 4 is 5.97 Å². The van der Waals surface area contributed by atoms with Gasteiger partial charge in [0.15, 0.2) is 0 Å². The van der Waals surface area contributed by atoms with Crippen molar-refractivity contribution in [3.8, 4) is 0 Å². The van der Waals surface area contributed by atoms with Gasteiger partial charge >= 0.3 is 5.97 Å². The molecule has 1 rings (SSSR count). The number of hydrogen-bond acceptors (Lipinski definition) is 5. The molecular formula is C9H16N2O3. The Bertz CT molecular complexity index is 240. The number of nitrogens with zero attached hydrogens (tertiary/aromatic N) is 2. The predicted molar refractivity (Wildman–Crippen MR) is 50.8 cm³/mol. The van der Waals surface area contributed by atoms with E-state index in [4.69, 9.17) is 9.57 Å². The summed E-state index contributed by atoms with van der Waals surface area (Å²) in [5.74, 6) is -0.276. The Kier molecular flexibility index (Phi) is 3.91. The maximum Gasteiger partial charge on any atom is 0.337 e. The topological polar surface area (TPSA) is 42.0 Å². The van der Waals surface area contributed by atoms with Crippen LogP contribution in [0.2, 0.25) is 0 Å².